The van der Waals surface area contributed by atoms with Crippen LogP contribution >= 0.6 is 0 Å². The summed E-state index contributed by atoms with van der Waals surface area (Å²) in [5.41, 5.74) is 1.19. The maximum atomic E-state index is 10.5. The van der Waals surface area contributed by atoms with Gasteiger partial charge >= 0.3 is 0 Å². The van der Waals surface area contributed by atoms with E-state index in [0.717, 1.165) is 25.3 Å². The monoisotopic (exact) mass is 373 g/mol. The van der Waals surface area contributed by atoms with Crippen LogP contribution in [0.1, 0.15) is 19.1 Å². The van der Waals surface area contributed by atoms with Crippen LogP contribution in [0.25, 0.3) is 6.08 Å². The van der Waals surface area contributed by atoms with Crippen LogP contribution in [-0.2, 0) is 0 Å². The second-order valence-corrected chi connectivity index (χ2v) is 6.77. The van der Waals surface area contributed by atoms with Crippen LogP contribution < -0.4 is 14.2 Å². The van der Waals surface area contributed by atoms with Gasteiger partial charge < -0.3 is 23.7 Å². The summed E-state index contributed by atoms with van der Waals surface area (Å²) in [5, 5.41) is 10.5. The molecule has 1 fully saturated rings. The molecule has 1 aromatic heterocycles. The standard InChI is InChI=1S/C21H27NO5/c1-15(11-16-5-4-10-26-16)13-22-9-8-19(18(23)14-22)27-17-6-7-20(24-2)21(12-17)25-3/h4-7,10-12,18-19,23H,8-9,13-14H2,1-3H3/b15-11+/t18-,19-/m1/s1. The Morgan fingerprint density at radius 1 is 1.26 bits per heavy atom. The minimum atomic E-state index is -0.553. The molecule has 1 N–H and O–H groups in total. The Labute approximate surface area is 159 Å². The van der Waals surface area contributed by atoms with E-state index >= 15 is 0 Å². The molecule has 1 aliphatic heterocycles. The number of hydrogen-bond acceptors (Lipinski definition) is 6. The van der Waals surface area contributed by atoms with Gasteiger partial charge in [-0.25, -0.2) is 0 Å². The molecule has 0 amide bonds. The predicted molar refractivity (Wildman–Crippen MR) is 103 cm³/mol. The number of benzene rings is 1. The van der Waals surface area contributed by atoms with Crippen molar-refractivity contribution < 1.29 is 23.7 Å². The van der Waals surface area contributed by atoms with Crippen LogP contribution in [0, 0.1) is 0 Å². The highest BCUT2D eigenvalue weighted by molar-refractivity contribution is 5.47. The van der Waals surface area contributed by atoms with Crippen LogP contribution in [0.5, 0.6) is 17.2 Å². The van der Waals surface area contributed by atoms with Gasteiger partial charge in [-0.2, -0.15) is 0 Å². The van der Waals surface area contributed by atoms with Gasteiger partial charge in [0.25, 0.3) is 0 Å². The molecule has 0 spiro atoms. The molecule has 6 heteroatoms. The highest BCUT2D eigenvalue weighted by atomic mass is 16.5. The van der Waals surface area contributed by atoms with Crippen LogP contribution in [0.15, 0.2) is 46.6 Å². The lowest BCUT2D eigenvalue weighted by atomic mass is 10.0. The minimum Gasteiger partial charge on any atom is -0.493 e. The molecule has 0 bridgehead atoms. The summed E-state index contributed by atoms with van der Waals surface area (Å²) in [4.78, 5) is 2.23. The Morgan fingerprint density at radius 2 is 2.07 bits per heavy atom. The number of β-amino-alcohol motifs (C(OH)–C–C–N with tert-alkyl or cyclic N) is 1. The fraction of sp³-hybridized carbons (Fsp3) is 0.429. The lowest BCUT2D eigenvalue weighted by Crippen LogP contribution is -2.49. The van der Waals surface area contributed by atoms with Crippen molar-refractivity contribution in [2.24, 2.45) is 0 Å². The summed E-state index contributed by atoms with van der Waals surface area (Å²) in [6, 6.07) is 9.23. The van der Waals surface area contributed by atoms with Gasteiger partial charge in [-0.05, 0) is 43.7 Å². The van der Waals surface area contributed by atoms with Crippen molar-refractivity contribution in [3.8, 4) is 17.2 Å². The average molecular weight is 373 g/mol. The molecule has 0 radical (unpaired) electrons. The summed E-state index contributed by atoms with van der Waals surface area (Å²) in [5.74, 6) is 2.78. The zero-order chi connectivity index (χ0) is 19.2. The zero-order valence-electron chi connectivity index (χ0n) is 16.1. The molecule has 1 aliphatic rings. The van der Waals surface area contributed by atoms with Gasteiger partial charge in [0.2, 0.25) is 0 Å². The summed E-state index contributed by atoms with van der Waals surface area (Å²) in [7, 11) is 3.19. The Morgan fingerprint density at radius 3 is 2.74 bits per heavy atom. The number of nitrogens with zero attached hydrogens (tertiary/aromatic N) is 1. The van der Waals surface area contributed by atoms with Gasteiger partial charge in [0.05, 0.1) is 20.5 Å². The van der Waals surface area contributed by atoms with Crippen molar-refractivity contribution in [1.29, 1.82) is 0 Å². The Bertz CT molecular complexity index is 756. The van der Waals surface area contributed by atoms with E-state index in [1.165, 1.54) is 5.57 Å². The SMILES string of the molecule is COc1ccc(O[C@@H]2CCN(C/C(C)=C/c3ccco3)C[C@H]2O)cc1OC. The lowest BCUT2D eigenvalue weighted by Gasteiger charge is -2.36. The number of likely N-dealkylation sites (tertiary alicyclic amines) is 1. The van der Waals surface area contributed by atoms with Crippen LogP contribution in [0.3, 0.4) is 0 Å². The first-order valence-electron chi connectivity index (χ1n) is 9.09. The Balaban J connectivity index is 1.55. The first kappa shape index (κ1) is 19.3. The van der Waals surface area contributed by atoms with E-state index < -0.39 is 6.10 Å². The number of rotatable bonds is 7. The van der Waals surface area contributed by atoms with Gasteiger partial charge in [0, 0.05) is 25.7 Å². The third-order valence-corrected chi connectivity index (χ3v) is 4.65. The highest BCUT2D eigenvalue weighted by Gasteiger charge is 2.29. The van der Waals surface area contributed by atoms with E-state index in [-0.39, 0.29) is 6.10 Å². The van der Waals surface area contributed by atoms with E-state index in [4.69, 9.17) is 18.6 Å². The molecule has 27 heavy (non-hydrogen) atoms. The predicted octanol–water partition coefficient (Wildman–Crippen LogP) is 3.21. The molecule has 0 aliphatic carbocycles. The molecule has 1 saturated heterocycles. The van der Waals surface area contributed by atoms with Crippen LogP contribution in [0.2, 0.25) is 0 Å². The number of aliphatic hydroxyl groups is 1. The molecule has 2 aromatic rings. The van der Waals surface area contributed by atoms with Crippen molar-refractivity contribution in [3.63, 3.8) is 0 Å². The van der Waals surface area contributed by atoms with Gasteiger partial charge in [-0.3, -0.25) is 4.90 Å². The quantitative estimate of drug-likeness (QED) is 0.804. The maximum Gasteiger partial charge on any atom is 0.164 e. The number of furan rings is 1. The van der Waals surface area contributed by atoms with Crippen molar-refractivity contribution >= 4 is 6.08 Å². The molecule has 0 saturated carbocycles. The second kappa shape index (κ2) is 8.97. The van der Waals surface area contributed by atoms with Gasteiger partial charge in [-0.1, -0.05) is 5.57 Å². The van der Waals surface area contributed by atoms with E-state index in [2.05, 4.69) is 11.8 Å². The maximum absolute atomic E-state index is 10.5. The molecular formula is C21H27NO5. The summed E-state index contributed by atoms with van der Waals surface area (Å²) in [6.45, 7) is 4.29. The summed E-state index contributed by atoms with van der Waals surface area (Å²) >= 11 is 0. The van der Waals surface area contributed by atoms with Crippen LogP contribution in [0.4, 0.5) is 0 Å². The molecule has 0 unspecified atom stereocenters. The molecule has 1 aromatic carbocycles. The summed E-state index contributed by atoms with van der Waals surface area (Å²) < 4.78 is 21.9. The molecule has 2 heterocycles. The number of hydrogen-bond donors (Lipinski definition) is 1. The minimum absolute atomic E-state index is 0.242. The molecule has 146 valence electrons. The Kier molecular flexibility index (Phi) is 6.42. The molecule has 3 rings (SSSR count). The van der Waals surface area contributed by atoms with Gasteiger partial charge in [0.15, 0.2) is 11.5 Å². The highest BCUT2D eigenvalue weighted by Crippen LogP contribution is 2.32. The average Bonchev–Trinajstić information content (AvgIpc) is 3.16. The fourth-order valence-corrected chi connectivity index (χ4v) is 3.34. The number of aliphatic hydroxyl groups excluding tert-OH is 1. The van der Waals surface area contributed by atoms with Gasteiger partial charge in [0.1, 0.15) is 23.7 Å². The normalized spacial score (nSPS) is 21.1. The molecule has 6 nitrogen and oxygen atoms in total. The fourth-order valence-electron chi connectivity index (χ4n) is 3.34. The van der Waals surface area contributed by atoms with Crippen LogP contribution in [-0.4, -0.2) is 56.1 Å². The summed E-state index contributed by atoms with van der Waals surface area (Å²) in [6.07, 6.45) is 3.65. The van der Waals surface area contributed by atoms with Crippen molar-refractivity contribution in [2.45, 2.75) is 25.6 Å². The van der Waals surface area contributed by atoms with E-state index in [9.17, 15) is 5.11 Å². The van der Waals surface area contributed by atoms with Gasteiger partial charge in [-0.15, -0.1) is 0 Å². The van der Waals surface area contributed by atoms with E-state index in [0.29, 0.717) is 23.8 Å². The van der Waals surface area contributed by atoms with Crippen molar-refractivity contribution in [2.75, 3.05) is 33.9 Å². The third kappa shape index (κ3) is 5.05. The third-order valence-electron chi connectivity index (χ3n) is 4.65. The lowest BCUT2D eigenvalue weighted by molar-refractivity contribution is -0.0227. The van der Waals surface area contributed by atoms with E-state index in [1.54, 1.807) is 32.6 Å². The molecular weight excluding hydrogens is 346 g/mol. The second-order valence-electron chi connectivity index (χ2n) is 6.77. The first-order chi connectivity index (χ1) is 13.1. The van der Waals surface area contributed by atoms with Crippen molar-refractivity contribution in [1.82, 2.24) is 4.90 Å². The Hall–Kier alpha value is -2.44. The van der Waals surface area contributed by atoms with Crippen molar-refractivity contribution in [3.05, 3.63) is 47.9 Å². The zero-order valence-corrected chi connectivity index (χ0v) is 16.1. The number of methoxy groups -OCH3 is 2. The number of ether oxygens (including phenoxy) is 3. The topological polar surface area (TPSA) is 64.3 Å². The smallest absolute Gasteiger partial charge is 0.164 e. The number of piperidine rings is 1. The van der Waals surface area contributed by atoms with E-state index in [1.807, 2.05) is 24.3 Å². The largest absolute Gasteiger partial charge is 0.493 e. The molecule has 2 atom stereocenters. The first-order valence-corrected chi connectivity index (χ1v) is 9.09.